The first-order valence-corrected chi connectivity index (χ1v) is 9.36. The summed E-state index contributed by atoms with van der Waals surface area (Å²) in [6, 6.07) is 8.97. The van der Waals surface area contributed by atoms with Crippen molar-refractivity contribution in [2.24, 2.45) is 0 Å². The maximum absolute atomic E-state index is 12.0. The molecule has 1 aliphatic rings. The summed E-state index contributed by atoms with van der Waals surface area (Å²) in [6.07, 6.45) is 2.63. The van der Waals surface area contributed by atoms with Gasteiger partial charge in [0.1, 0.15) is 5.76 Å². The Morgan fingerprint density at radius 2 is 1.79 bits per heavy atom. The van der Waals surface area contributed by atoms with E-state index in [4.69, 9.17) is 9.05 Å². The maximum atomic E-state index is 12.0. The van der Waals surface area contributed by atoms with E-state index in [0.717, 1.165) is 11.1 Å². The van der Waals surface area contributed by atoms with Crippen molar-refractivity contribution in [2.45, 2.75) is 24.5 Å². The third-order valence-electron chi connectivity index (χ3n) is 4.36. The van der Waals surface area contributed by atoms with E-state index < -0.39 is 14.6 Å². The van der Waals surface area contributed by atoms with E-state index >= 15 is 0 Å². The van der Waals surface area contributed by atoms with Gasteiger partial charge in [-0.3, -0.25) is 0 Å². The topological polar surface area (TPSA) is 99.1 Å². The van der Waals surface area contributed by atoms with Crippen molar-refractivity contribution in [3.8, 4) is 23.0 Å². The average Bonchev–Trinajstić information content (AvgIpc) is 3.04. The molecule has 0 saturated heterocycles. The van der Waals surface area contributed by atoms with Gasteiger partial charge in [-0.2, -0.15) is 4.98 Å². The minimum Gasteiger partial charge on any atom is -0.361 e. The summed E-state index contributed by atoms with van der Waals surface area (Å²) in [4.78, 5) is 4.30. The molecule has 0 bridgehead atoms. The Kier molecular flexibility index (Phi) is 3.14. The maximum Gasteiger partial charge on any atom is 0.280 e. The zero-order valence-electron chi connectivity index (χ0n) is 13.2. The lowest BCUT2D eigenvalue weighted by Gasteiger charge is -2.13. The molecule has 8 heteroatoms. The van der Waals surface area contributed by atoms with E-state index in [9.17, 15) is 8.42 Å². The van der Waals surface area contributed by atoms with E-state index in [0.29, 0.717) is 30.1 Å². The quantitative estimate of drug-likeness (QED) is 0.717. The smallest absolute Gasteiger partial charge is 0.280 e. The summed E-state index contributed by atoms with van der Waals surface area (Å²) in [5.41, 5.74) is 2.04. The zero-order chi connectivity index (χ0) is 16.9. The Bertz CT molecular complexity index is 998. The number of benzene rings is 1. The first-order valence-electron chi connectivity index (χ1n) is 7.47. The highest BCUT2D eigenvalue weighted by Gasteiger charge is 2.53. The molecule has 3 aromatic rings. The standard InChI is InChI=1S/C16H15N3O4S/c1-10-9-13(18-22-10)15-17-14(19-23-15)11-3-5-12(6-4-11)16(7-8-16)24(2,20)21/h3-6,9H,7-8H2,1-2H3. The van der Waals surface area contributed by atoms with E-state index in [1.54, 1.807) is 13.0 Å². The highest BCUT2D eigenvalue weighted by molar-refractivity contribution is 7.92. The fourth-order valence-electron chi connectivity index (χ4n) is 2.82. The van der Waals surface area contributed by atoms with Crippen LogP contribution in [-0.4, -0.2) is 30.0 Å². The predicted molar refractivity (Wildman–Crippen MR) is 85.7 cm³/mol. The first-order chi connectivity index (χ1) is 11.4. The fraction of sp³-hybridized carbons (Fsp3) is 0.312. The number of hydrogen-bond donors (Lipinski definition) is 0. The second-order valence-corrected chi connectivity index (χ2v) is 8.42. The summed E-state index contributed by atoms with van der Waals surface area (Å²) in [6.45, 7) is 1.78. The van der Waals surface area contributed by atoms with Crippen LogP contribution in [0.4, 0.5) is 0 Å². The predicted octanol–water partition coefficient (Wildman–Crippen LogP) is 2.73. The first kappa shape index (κ1) is 15.1. The summed E-state index contributed by atoms with van der Waals surface area (Å²) in [5, 5.41) is 7.78. The molecule has 0 atom stereocenters. The Hall–Kier alpha value is -2.48. The minimum absolute atomic E-state index is 0.278. The van der Waals surface area contributed by atoms with E-state index in [2.05, 4.69) is 15.3 Å². The molecule has 1 fully saturated rings. The lowest BCUT2D eigenvalue weighted by molar-refractivity contribution is 0.390. The number of nitrogens with zero attached hydrogens (tertiary/aromatic N) is 3. The highest BCUT2D eigenvalue weighted by Crippen LogP contribution is 2.52. The third-order valence-corrected chi connectivity index (χ3v) is 6.42. The van der Waals surface area contributed by atoms with Crippen molar-refractivity contribution < 1.29 is 17.5 Å². The van der Waals surface area contributed by atoms with E-state index in [1.165, 1.54) is 6.26 Å². The summed E-state index contributed by atoms with van der Waals surface area (Å²) >= 11 is 0. The molecule has 0 spiro atoms. The van der Waals surface area contributed by atoms with Gasteiger partial charge in [-0.05, 0) is 25.3 Å². The van der Waals surface area contributed by atoms with Crippen LogP contribution < -0.4 is 0 Å². The third kappa shape index (κ3) is 2.34. The van der Waals surface area contributed by atoms with Gasteiger partial charge in [0, 0.05) is 17.9 Å². The Morgan fingerprint density at radius 3 is 2.33 bits per heavy atom. The molecule has 0 N–H and O–H groups in total. The molecular weight excluding hydrogens is 330 g/mol. The Balaban J connectivity index is 1.64. The molecule has 0 unspecified atom stereocenters. The van der Waals surface area contributed by atoms with Crippen LogP contribution in [0.15, 0.2) is 39.4 Å². The lowest BCUT2D eigenvalue weighted by atomic mass is 10.1. The summed E-state index contributed by atoms with van der Waals surface area (Å²) in [7, 11) is -3.12. The van der Waals surface area contributed by atoms with Gasteiger partial charge in [0.2, 0.25) is 5.82 Å². The average molecular weight is 345 g/mol. The van der Waals surface area contributed by atoms with Crippen molar-refractivity contribution in [3.05, 3.63) is 41.7 Å². The van der Waals surface area contributed by atoms with Crippen LogP contribution in [0.2, 0.25) is 0 Å². The number of aromatic nitrogens is 3. The van der Waals surface area contributed by atoms with Crippen molar-refractivity contribution >= 4 is 9.84 Å². The van der Waals surface area contributed by atoms with Crippen molar-refractivity contribution in [3.63, 3.8) is 0 Å². The minimum atomic E-state index is -3.12. The molecule has 1 aromatic carbocycles. The van der Waals surface area contributed by atoms with Crippen LogP contribution in [-0.2, 0) is 14.6 Å². The Labute approximate surface area is 138 Å². The van der Waals surface area contributed by atoms with Crippen LogP contribution in [0.1, 0.15) is 24.2 Å². The van der Waals surface area contributed by atoms with Gasteiger partial charge in [0.05, 0.1) is 4.75 Å². The van der Waals surface area contributed by atoms with E-state index in [1.807, 2.05) is 24.3 Å². The highest BCUT2D eigenvalue weighted by atomic mass is 32.2. The lowest BCUT2D eigenvalue weighted by Crippen LogP contribution is -2.19. The van der Waals surface area contributed by atoms with Crippen molar-refractivity contribution in [1.82, 2.24) is 15.3 Å². The number of hydrogen-bond acceptors (Lipinski definition) is 7. The molecular formula is C16H15N3O4S. The van der Waals surface area contributed by atoms with Gasteiger partial charge in [0.15, 0.2) is 15.5 Å². The molecule has 124 valence electrons. The molecule has 2 heterocycles. The van der Waals surface area contributed by atoms with Gasteiger partial charge >= 0.3 is 0 Å². The van der Waals surface area contributed by atoms with Gasteiger partial charge in [0.25, 0.3) is 5.89 Å². The van der Waals surface area contributed by atoms with Crippen LogP contribution in [0.3, 0.4) is 0 Å². The second-order valence-electron chi connectivity index (χ2n) is 6.09. The van der Waals surface area contributed by atoms with Crippen LogP contribution in [0.5, 0.6) is 0 Å². The number of rotatable bonds is 4. The molecule has 2 aromatic heterocycles. The van der Waals surface area contributed by atoms with Crippen LogP contribution in [0.25, 0.3) is 23.0 Å². The van der Waals surface area contributed by atoms with Crippen LogP contribution >= 0.6 is 0 Å². The van der Waals surface area contributed by atoms with Crippen LogP contribution in [0, 0.1) is 6.92 Å². The SMILES string of the molecule is Cc1cc(-c2nc(-c3ccc(C4(S(C)(=O)=O)CC4)cc3)no2)no1. The molecule has 1 saturated carbocycles. The normalized spacial score (nSPS) is 16.2. The fourth-order valence-corrected chi connectivity index (χ4v) is 4.23. The molecule has 24 heavy (non-hydrogen) atoms. The molecule has 0 radical (unpaired) electrons. The number of sulfone groups is 1. The Morgan fingerprint density at radius 1 is 1.08 bits per heavy atom. The van der Waals surface area contributed by atoms with Gasteiger partial charge < -0.3 is 9.05 Å². The largest absolute Gasteiger partial charge is 0.361 e. The van der Waals surface area contributed by atoms with Crippen molar-refractivity contribution in [2.75, 3.05) is 6.26 Å². The van der Waals surface area contributed by atoms with Gasteiger partial charge in [-0.15, -0.1) is 0 Å². The monoisotopic (exact) mass is 345 g/mol. The van der Waals surface area contributed by atoms with Crippen molar-refractivity contribution in [1.29, 1.82) is 0 Å². The van der Waals surface area contributed by atoms with Gasteiger partial charge in [-0.25, -0.2) is 8.42 Å². The molecule has 7 nitrogen and oxygen atoms in total. The van der Waals surface area contributed by atoms with Gasteiger partial charge in [-0.1, -0.05) is 34.6 Å². The van der Waals surface area contributed by atoms with E-state index in [-0.39, 0.29) is 5.89 Å². The molecule has 1 aliphatic carbocycles. The molecule has 0 amide bonds. The zero-order valence-corrected chi connectivity index (χ0v) is 14.0. The number of aryl methyl sites for hydroxylation is 1. The second kappa shape index (κ2) is 5.01. The summed E-state index contributed by atoms with van der Waals surface area (Å²) < 4.78 is 33.4. The molecule has 4 rings (SSSR count). The summed E-state index contributed by atoms with van der Waals surface area (Å²) in [5.74, 6) is 1.35. The molecule has 0 aliphatic heterocycles.